The van der Waals surface area contributed by atoms with Crippen molar-refractivity contribution in [1.29, 1.82) is 0 Å². The molecule has 0 radical (unpaired) electrons. The standard InChI is InChI=1S/C16H19N3O/c1-11-3-5-13(6-4-11)14-7-12(2)18-15(19-14)16(8-17)9-20-10-16/h3-7H,8-10,17H2,1-2H3. The van der Waals surface area contributed by atoms with E-state index in [4.69, 9.17) is 15.5 Å². The van der Waals surface area contributed by atoms with Crippen molar-refractivity contribution < 1.29 is 4.74 Å². The third-order valence-electron chi connectivity index (χ3n) is 3.82. The quantitative estimate of drug-likeness (QED) is 0.925. The number of aromatic nitrogens is 2. The predicted octanol–water partition coefficient (Wildman–Crippen LogP) is 1.99. The highest BCUT2D eigenvalue weighted by Gasteiger charge is 2.42. The summed E-state index contributed by atoms with van der Waals surface area (Å²) in [6.07, 6.45) is 0. The van der Waals surface area contributed by atoms with Gasteiger partial charge in [0, 0.05) is 17.8 Å². The Morgan fingerprint density at radius 2 is 1.85 bits per heavy atom. The van der Waals surface area contributed by atoms with Gasteiger partial charge in [-0.3, -0.25) is 0 Å². The van der Waals surface area contributed by atoms with Crippen LogP contribution in [0.4, 0.5) is 0 Å². The number of rotatable bonds is 3. The maximum Gasteiger partial charge on any atom is 0.141 e. The molecule has 1 fully saturated rings. The summed E-state index contributed by atoms with van der Waals surface area (Å²) >= 11 is 0. The van der Waals surface area contributed by atoms with Crippen molar-refractivity contribution >= 4 is 0 Å². The second-order valence-electron chi connectivity index (χ2n) is 5.56. The molecular formula is C16H19N3O. The summed E-state index contributed by atoms with van der Waals surface area (Å²) in [6.45, 7) is 5.81. The van der Waals surface area contributed by atoms with E-state index in [9.17, 15) is 0 Å². The summed E-state index contributed by atoms with van der Waals surface area (Å²) in [7, 11) is 0. The maximum atomic E-state index is 5.90. The number of ether oxygens (including phenoxy) is 1. The average Bonchev–Trinajstić information content (AvgIpc) is 2.38. The summed E-state index contributed by atoms with van der Waals surface area (Å²) in [5.74, 6) is 0.807. The first-order valence-electron chi connectivity index (χ1n) is 6.84. The van der Waals surface area contributed by atoms with Gasteiger partial charge in [0.2, 0.25) is 0 Å². The monoisotopic (exact) mass is 269 g/mol. The lowest BCUT2D eigenvalue weighted by Crippen LogP contribution is -2.53. The molecule has 104 valence electrons. The molecule has 0 bridgehead atoms. The summed E-state index contributed by atoms with van der Waals surface area (Å²) in [5.41, 5.74) is 9.96. The molecule has 4 heteroatoms. The minimum atomic E-state index is -0.203. The molecule has 1 saturated heterocycles. The van der Waals surface area contributed by atoms with E-state index in [2.05, 4.69) is 36.2 Å². The van der Waals surface area contributed by atoms with E-state index in [1.165, 1.54) is 5.56 Å². The zero-order valence-electron chi connectivity index (χ0n) is 11.9. The largest absolute Gasteiger partial charge is 0.379 e. The Balaban J connectivity index is 2.04. The van der Waals surface area contributed by atoms with Crippen LogP contribution in [0.3, 0.4) is 0 Å². The first-order chi connectivity index (χ1) is 9.63. The van der Waals surface area contributed by atoms with Crippen LogP contribution in [0.1, 0.15) is 17.1 Å². The second-order valence-corrected chi connectivity index (χ2v) is 5.56. The van der Waals surface area contributed by atoms with Crippen LogP contribution in [-0.2, 0) is 10.2 Å². The summed E-state index contributed by atoms with van der Waals surface area (Å²) in [4.78, 5) is 9.30. The summed E-state index contributed by atoms with van der Waals surface area (Å²) in [6, 6.07) is 10.4. The van der Waals surface area contributed by atoms with Crippen molar-refractivity contribution in [3.8, 4) is 11.3 Å². The molecule has 1 aromatic heterocycles. The highest BCUT2D eigenvalue weighted by Crippen LogP contribution is 2.30. The second kappa shape index (κ2) is 4.96. The zero-order valence-corrected chi connectivity index (χ0v) is 11.9. The molecule has 2 heterocycles. The van der Waals surface area contributed by atoms with E-state index in [1.54, 1.807) is 0 Å². The lowest BCUT2D eigenvalue weighted by molar-refractivity contribution is -0.0594. The van der Waals surface area contributed by atoms with Crippen molar-refractivity contribution in [3.63, 3.8) is 0 Å². The molecule has 0 aliphatic carbocycles. The normalized spacial score (nSPS) is 16.8. The SMILES string of the molecule is Cc1ccc(-c2cc(C)nc(C3(CN)COC3)n2)cc1. The van der Waals surface area contributed by atoms with Crippen LogP contribution in [0.2, 0.25) is 0 Å². The number of hydrogen-bond donors (Lipinski definition) is 1. The van der Waals surface area contributed by atoms with Crippen molar-refractivity contribution in [2.45, 2.75) is 19.3 Å². The molecule has 0 atom stereocenters. The van der Waals surface area contributed by atoms with Gasteiger partial charge in [0.25, 0.3) is 0 Å². The fourth-order valence-electron chi connectivity index (χ4n) is 2.36. The van der Waals surface area contributed by atoms with Gasteiger partial charge in [0.15, 0.2) is 0 Å². The lowest BCUT2D eigenvalue weighted by Gasteiger charge is -2.39. The molecule has 2 aromatic rings. The number of hydrogen-bond acceptors (Lipinski definition) is 4. The van der Waals surface area contributed by atoms with Gasteiger partial charge in [-0.05, 0) is 19.9 Å². The van der Waals surface area contributed by atoms with E-state index in [0.29, 0.717) is 19.8 Å². The Hall–Kier alpha value is -1.78. The molecule has 1 aliphatic heterocycles. The van der Waals surface area contributed by atoms with Crippen molar-refractivity contribution in [1.82, 2.24) is 9.97 Å². The van der Waals surface area contributed by atoms with Gasteiger partial charge in [-0.15, -0.1) is 0 Å². The topological polar surface area (TPSA) is 61.0 Å². The Labute approximate surface area is 119 Å². The molecule has 0 spiro atoms. The number of nitrogens with zero attached hydrogens (tertiary/aromatic N) is 2. The van der Waals surface area contributed by atoms with Crippen LogP contribution in [0, 0.1) is 13.8 Å². The van der Waals surface area contributed by atoms with Gasteiger partial charge in [0.1, 0.15) is 5.82 Å². The van der Waals surface area contributed by atoms with Crippen LogP contribution in [0.5, 0.6) is 0 Å². The molecule has 3 rings (SSSR count). The smallest absolute Gasteiger partial charge is 0.141 e. The first-order valence-corrected chi connectivity index (χ1v) is 6.84. The highest BCUT2D eigenvalue weighted by atomic mass is 16.5. The van der Waals surface area contributed by atoms with Crippen LogP contribution >= 0.6 is 0 Å². The lowest BCUT2D eigenvalue weighted by atomic mass is 9.85. The molecule has 2 N–H and O–H groups in total. The summed E-state index contributed by atoms with van der Waals surface area (Å²) < 4.78 is 5.32. The number of aryl methyl sites for hydroxylation is 2. The van der Waals surface area contributed by atoms with E-state index in [-0.39, 0.29) is 5.41 Å². The predicted molar refractivity (Wildman–Crippen MR) is 78.5 cm³/mol. The van der Waals surface area contributed by atoms with E-state index < -0.39 is 0 Å². The first kappa shape index (κ1) is 13.2. The highest BCUT2D eigenvalue weighted by molar-refractivity contribution is 5.60. The van der Waals surface area contributed by atoms with Gasteiger partial charge in [-0.25, -0.2) is 9.97 Å². The molecule has 0 unspecified atom stereocenters. The van der Waals surface area contributed by atoms with Crippen LogP contribution in [0.15, 0.2) is 30.3 Å². The van der Waals surface area contributed by atoms with E-state index >= 15 is 0 Å². The number of benzene rings is 1. The van der Waals surface area contributed by atoms with Gasteiger partial charge in [-0.2, -0.15) is 0 Å². The third-order valence-corrected chi connectivity index (χ3v) is 3.82. The van der Waals surface area contributed by atoms with Gasteiger partial charge in [-0.1, -0.05) is 29.8 Å². The van der Waals surface area contributed by atoms with E-state index in [0.717, 1.165) is 22.8 Å². The van der Waals surface area contributed by atoms with Gasteiger partial charge in [0.05, 0.1) is 24.3 Å². The Bertz CT molecular complexity index is 613. The molecule has 20 heavy (non-hydrogen) atoms. The van der Waals surface area contributed by atoms with Crippen LogP contribution in [-0.4, -0.2) is 29.7 Å². The van der Waals surface area contributed by atoms with Crippen molar-refractivity contribution in [2.75, 3.05) is 19.8 Å². The molecule has 0 amide bonds. The maximum absolute atomic E-state index is 5.90. The molecule has 0 saturated carbocycles. The summed E-state index contributed by atoms with van der Waals surface area (Å²) in [5, 5.41) is 0. The minimum Gasteiger partial charge on any atom is -0.379 e. The third kappa shape index (κ3) is 2.21. The zero-order chi connectivity index (χ0) is 14.2. The Morgan fingerprint density at radius 3 is 2.40 bits per heavy atom. The Morgan fingerprint density at radius 1 is 1.15 bits per heavy atom. The molecule has 1 aliphatic rings. The Kier molecular flexibility index (Phi) is 3.28. The van der Waals surface area contributed by atoms with Crippen molar-refractivity contribution in [2.24, 2.45) is 5.73 Å². The van der Waals surface area contributed by atoms with E-state index in [1.807, 2.05) is 13.0 Å². The fraction of sp³-hybridized carbons (Fsp3) is 0.375. The minimum absolute atomic E-state index is 0.203. The molecule has 1 aromatic carbocycles. The average molecular weight is 269 g/mol. The molecular weight excluding hydrogens is 250 g/mol. The van der Waals surface area contributed by atoms with Crippen LogP contribution in [0.25, 0.3) is 11.3 Å². The number of nitrogens with two attached hydrogens (primary N) is 1. The van der Waals surface area contributed by atoms with Gasteiger partial charge < -0.3 is 10.5 Å². The van der Waals surface area contributed by atoms with Crippen molar-refractivity contribution in [3.05, 3.63) is 47.4 Å². The molecule has 4 nitrogen and oxygen atoms in total. The van der Waals surface area contributed by atoms with Crippen LogP contribution < -0.4 is 5.73 Å². The fourth-order valence-corrected chi connectivity index (χ4v) is 2.36. The van der Waals surface area contributed by atoms with Gasteiger partial charge >= 0.3 is 0 Å².